The molecule has 37 valence electrons. The number of rotatable bonds is 0. The molecule has 3 heteroatoms. The monoisotopic (exact) mass is 116 g/mol. The van der Waals surface area contributed by atoms with Gasteiger partial charge in [-0.05, 0) is 0 Å². The Bertz CT molecular complexity index is 144. The predicted molar refractivity (Wildman–Crippen MR) is 25.1 cm³/mol. The quantitative estimate of drug-likeness (QED) is 0.513. The molecule has 0 saturated heterocycles. The Labute approximate surface area is 46.1 Å². The maximum atomic E-state index is 5.30. The largest absolute Gasteiger partial charge is 0.436 e. The third-order valence-electron chi connectivity index (χ3n) is 0.539. The summed E-state index contributed by atoms with van der Waals surface area (Å²) in [4.78, 5) is 3.65. The van der Waals surface area contributed by atoms with E-state index in [0.717, 1.165) is 0 Å². The smallest absolute Gasteiger partial charge is 0.212 e. The molecule has 1 aromatic heterocycles. The van der Waals surface area contributed by atoms with Crippen LogP contribution >= 0.6 is 11.6 Å². The van der Waals surface area contributed by atoms with Gasteiger partial charge in [-0.15, -0.1) is 0 Å². The van der Waals surface area contributed by atoms with Gasteiger partial charge in [-0.25, -0.2) is 4.98 Å². The number of aryl methyl sites for hydroxylation is 1. The fraction of sp³-hybridized carbons (Fsp3) is 0.250. The molecule has 7 heavy (non-hydrogen) atoms. The Morgan fingerprint density at radius 2 is 2.57 bits per heavy atom. The van der Waals surface area contributed by atoms with E-state index < -0.39 is 0 Å². The van der Waals surface area contributed by atoms with Crippen LogP contribution < -0.4 is 0 Å². The summed E-state index contributed by atoms with van der Waals surface area (Å²) in [5.41, 5.74) is 0. The van der Waals surface area contributed by atoms with E-state index in [1.807, 2.05) is 0 Å². The van der Waals surface area contributed by atoms with Crippen LogP contribution in [0.4, 0.5) is 0 Å². The summed E-state index contributed by atoms with van der Waals surface area (Å²) in [6.07, 6.45) is 2.35. The minimum Gasteiger partial charge on any atom is -0.436 e. The van der Waals surface area contributed by atoms with Crippen molar-refractivity contribution >= 4 is 11.6 Å². The predicted octanol–water partition coefficient (Wildman–Crippen LogP) is 1.44. The second kappa shape index (κ2) is 1.54. The summed E-state index contributed by atoms with van der Waals surface area (Å²) in [5, 5.41) is 0.289. The molecule has 0 aliphatic rings. The molecule has 0 amide bonds. The molecule has 1 radical (unpaired) electrons. The summed E-state index contributed by atoms with van der Waals surface area (Å²) < 4.78 is 4.60. The number of nitrogens with zero attached hydrogens (tertiary/aromatic N) is 1. The summed E-state index contributed by atoms with van der Waals surface area (Å²) in [6, 6.07) is 0. The molecule has 0 aliphatic carbocycles. The molecular formula is C4H3ClNO. The first-order valence-corrected chi connectivity index (χ1v) is 2.17. The summed E-state index contributed by atoms with van der Waals surface area (Å²) >= 11 is 5.30. The minimum atomic E-state index is 0.289. The van der Waals surface area contributed by atoms with Crippen LogP contribution in [-0.4, -0.2) is 4.98 Å². The first-order chi connectivity index (χ1) is 3.29. The lowest BCUT2D eigenvalue weighted by Gasteiger charge is -1.67. The standard InChI is InChI=1S/C4H3ClNO/c1-3-6-4(5)2-7-3/h1H3. The molecule has 0 aliphatic heterocycles. The van der Waals surface area contributed by atoms with Gasteiger partial charge >= 0.3 is 0 Å². The van der Waals surface area contributed by atoms with Gasteiger partial charge in [0.25, 0.3) is 0 Å². The molecule has 0 spiro atoms. The van der Waals surface area contributed by atoms with Crippen molar-refractivity contribution < 1.29 is 4.42 Å². The highest BCUT2D eigenvalue weighted by molar-refractivity contribution is 6.29. The molecule has 2 nitrogen and oxygen atoms in total. The van der Waals surface area contributed by atoms with Crippen LogP contribution in [-0.2, 0) is 0 Å². The first-order valence-electron chi connectivity index (χ1n) is 1.79. The van der Waals surface area contributed by atoms with Crippen LogP contribution in [0.5, 0.6) is 0 Å². The zero-order valence-electron chi connectivity index (χ0n) is 3.73. The van der Waals surface area contributed by atoms with Gasteiger partial charge in [-0.1, -0.05) is 11.6 Å². The van der Waals surface area contributed by atoms with Crippen molar-refractivity contribution in [2.45, 2.75) is 6.92 Å². The highest BCUT2D eigenvalue weighted by atomic mass is 35.5. The number of hydrogen-bond donors (Lipinski definition) is 0. The number of hydrogen-bond acceptors (Lipinski definition) is 2. The van der Waals surface area contributed by atoms with Gasteiger partial charge in [0.15, 0.2) is 11.0 Å². The highest BCUT2D eigenvalue weighted by Gasteiger charge is 1.91. The lowest BCUT2D eigenvalue weighted by molar-refractivity contribution is 0.514. The van der Waals surface area contributed by atoms with Crippen molar-refractivity contribution in [3.05, 3.63) is 17.3 Å². The van der Waals surface area contributed by atoms with E-state index in [1.165, 1.54) is 0 Å². The van der Waals surface area contributed by atoms with E-state index >= 15 is 0 Å². The maximum Gasteiger partial charge on any atom is 0.212 e. The molecule has 0 N–H and O–H groups in total. The van der Waals surface area contributed by atoms with Crippen LogP contribution in [0.2, 0.25) is 5.15 Å². The molecule has 1 rings (SSSR count). The Morgan fingerprint density at radius 1 is 1.86 bits per heavy atom. The summed E-state index contributed by atoms with van der Waals surface area (Å²) in [6.45, 7) is 1.71. The number of halogens is 1. The van der Waals surface area contributed by atoms with Crippen LogP contribution in [0.25, 0.3) is 0 Å². The van der Waals surface area contributed by atoms with E-state index in [-0.39, 0.29) is 5.15 Å². The van der Waals surface area contributed by atoms with Gasteiger partial charge in [0, 0.05) is 6.92 Å². The van der Waals surface area contributed by atoms with Crippen molar-refractivity contribution in [3.8, 4) is 0 Å². The second-order valence-electron chi connectivity index (χ2n) is 1.13. The lowest BCUT2D eigenvalue weighted by atomic mass is 10.8. The topological polar surface area (TPSA) is 26.0 Å². The highest BCUT2D eigenvalue weighted by Crippen LogP contribution is 2.03. The molecule has 1 aromatic rings. The molecule has 1 heterocycles. The van der Waals surface area contributed by atoms with Crippen LogP contribution in [0.3, 0.4) is 0 Å². The fourth-order valence-corrected chi connectivity index (χ4v) is 0.457. The summed E-state index contributed by atoms with van der Waals surface area (Å²) in [7, 11) is 0. The van der Waals surface area contributed by atoms with Crippen molar-refractivity contribution in [3.63, 3.8) is 0 Å². The maximum absolute atomic E-state index is 5.30. The molecule has 0 bridgehead atoms. The molecule has 0 aromatic carbocycles. The van der Waals surface area contributed by atoms with Gasteiger partial charge in [0.1, 0.15) is 0 Å². The SMILES string of the molecule is Cc1nc(Cl)[c]o1. The zero-order chi connectivity index (χ0) is 5.28. The Hall–Kier alpha value is -0.500. The molecule has 0 fully saturated rings. The van der Waals surface area contributed by atoms with Crippen molar-refractivity contribution in [1.82, 2.24) is 4.98 Å². The van der Waals surface area contributed by atoms with Gasteiger partial charge in [-0.2, -0.15) is 0 Å². The fourth-order valence-electron chi connectivity index (χ4n) is 0.300. The lowest BCUT2D eigenvalue weighted by Crippen LogP contribution is -1.63. The zero-order valence-corrected chi connectivity index (χ0v) is 4.49. The molecule has 0 atom stereocenters. The molecular weight excluding hydrogens is 114 g/mol. The third-order valence-corrected chi connectivity index (χ3v) is 0.700. The second-order valence-corrected chi connectivity index (χ2v) is 1.48. The number of aromatic nitrogens is 1. The van der Waals surface area contributed by atoms with Crippen molar-refractivity contribution in [2.24, 2.45) is 0 Å². The van der Waals surface area contributed by atoms with Gasteiger partial charge in [-0.3, -0.25) is 0 Å². The van der Waals surface area contributed by atoms with Crippen LogP contribution in [0.1, 0.15) is 5.89 Å². The van der Waals surface area contributed by atoms with Crippen LogP contribution in [0, 0.1) is 13.2 Å². The van der Waals surface area contributed by atoms with Gasteiger partial charge in [0.2, 0.25) is 6.26 Å². The van der Waals surface area contributed by atoms with Crippen molar-refractivity contribution in [2.75, 3.05) is 0 Å². The normalized spacial score (nSPS) is 9.43. The third kappa shape index (κ3) is 0.933. The Morgan fingerprint density at radius 3 is 2.71 bits per heavy atom. The van der Waals surface area contributed by atoms with E-state index in [0.29, 0.717) is 5.89 Å². The average Bonchev–Trinajstić information content (AvgIpc) is 1.87. The Kier molecular flexibility index (Phi) is 1.02. The van der Waals surface area contributed by atoms with E-state index in [1.54, 1.807) is 6.92 Å². The number of oxazole rings is 1. The Balaban J connectivity index is 3.04. The molecule has 0 unspecified atom stereocenters. The molecule has 0 saturated carbocycles. The average molecular weight is 117 g/mol. The minimum absolute atomic E-state index is 0.289. The van der Waals surface area contributed by atoms with E-state index in [4.69, 9.17) is 11.6 Å². The first kappa shape index (κ1) is 4.65. The van der Waals surface area contributed by atoms with E-state index in [2.05, 4.69) is 15.7 Å². The van der Waals surface area contributed by atoms with E-state index in [9.17, 15) is 0 Å². The van der Waals surface area contributed by atoms with Crippen LogP contribution in [0.15, 0.2) is 4.42 Å². The van der Waals surface area contributed by atoms with Gasteiger partial charge < -0.3 is 4.42 Å². The van der Waals surface area contributed by atoms with Gasteiger partial charge in [0.05, 0.1) is 0 Å². The van der Waals surface area contributed by atoms with Crippen molar-refractivity contribution in [1.29, 1.82) is 0 Å². The summed E-state index contributed by atoms with van der Waals surface area (Å²) in [5.74, 6) is 0.546.